The van der Waals surface area contributed by atoms with Crippen LogP contribution in [0.5, 0.6) is 0 Å². The van der Waals surface area contributed by atoms with E-state index in [-0.39, 0.29) is 5.69 Å². The van der Waals surface area contributed by atoms with Crippen molar-refractivity contribution in [2.45, 2.75) is 0 Å². The Hall–Kier alpha value is -1.98. The number of aromatic nitrogens is 4. The lowest BCUT2D eigenvalue weighted by Crippen LogP contribution is -1.96. The standard InChI is InChI=1S/C8H8FN5/c1-14-8(11-12-13-14)5-2-3-7(10)6(9)4-5/h2-4H,10H2,1H3. The zero-order valence-electron chi connectivity index (χ0n) is 7.48. The highest BCUT2D eigenvalue weighted by atomic mass is 19.1. The van der Waals surface area contributed by atoms with E-state index in [9.17, 15) is 4.39 Å². The Labute approximate surface area is 79.3 Å². The van der Waals surface area contributed by atoms with Crippen LogP contribution in [-0.2, 0) is 7.05 Å². The van der Waals surface area contributed by atoms with Crippen molar-refractivity contribution < 1.29 is 4.39 Å². The Morgan fingerprint density at radius 3 is 2.79 bits per heavy atom. The molecule has 0 amide bonds. The molecule has 0 saturated heterocycles. The first-order chi connectivity index (χ1) is 6.68. The SMILES string of the molecule is Cn1nnnc1-c1ccc(N)c(F)c1. The minimum atomic E-state index is -0.467. The molecule has 0 unspecified atom stereocenters. The van der Waals surface area contributed by atoms with Crippen LogP contribution in [0.4, 0.5) is 10.1 Å². The number of hydrogen-bond acceptors (Lipinski definition) is 4. The van der Waals surface area contributed by atoms with Gasteiger partial charge < -0.3 is 5.73 Å². The average Bonchev–Trinajstić information content (AvgIpc) is 2.57. The molecule has 1 aromatic carbocycles. The van der Waals surface area contributed by atoms with E-state index in [4.69, 9.17) is 5.73 Å². The number of anilines is 1. The highest BCUT2D eigenvalue weighted by Crippen LogP contribution is 2.19. The summed E-state index contributed by atoms with van der Waals surface area (Å²) in [4.78, 5) is 0. The van der Waals surface area contributed by atoms with Crippen LogP contribution in [-0.4, -0.2) is 20.2 Å². The Morgan fingerprint density at radius 1 is 1.43 bits per heavy atom. The van der Waals surface area contributed by atoms with Gasteiger partial charge in [0.1, 0.15) is 5.82 Å². The summed E-state index contributed by atoms with van der Waals surface area (Å²) >= 11 is 0. The van der Waals surface area contributed by atoms with E-state index in [1.807, 2.05) is 0 Å². The second-order valence-electron chi connectivity index (χ2n) is 2.86. The Kier molecular flexibility index (Phi) is 1.88. The van der Waals surface area contributed by atoms with Gasteiger partial charge in [-0.05, 0) is 28.6 Å². The molecule has 0 fully saturated rings. The van der Waals surface area contributed by atoms with Crippen LogP contribution < -0.4 is 5.73 Å². The quantitative estimate of drug-likeness (QED) is 0.673. The highest BCUT2D eigenvalue weighted by molar-refractivity contribution is 5.58. The van der Waals surface area contributed by atoms with Crippen LogP contribution in [0.3, 0.4) is 0 Å². The molecule has 0 saturated carbocycles. The number of aryl methyl sites for hydroxylation is 1. The second kappa shape index (κ2) is 3.06. The van der Waals surface area contributed by atoms with Gasteiger partial charge in [0.15, 0.2) is 5.82 Å². The molecular weight excluding hydrogens is 185 g/mol. The molecule has 5 nitrogen and oxygen atoms in total. The van der Waals surface area contributed by atoms with Crippen molar-refractivity contribution in [3.05, 3.63) is 24.0 Å². The minimum absolute atomic E-state index is 0.115. The third-order valence-electron chi connectivity index (χ3n) is 1.88. The molecule has 14 heavy (non-hydrogen) atoms. The Bertz CT molecular complexity index is 465. The van der Waals surface area contributed by atoms with Gasteiger partial charge in [0, 0.05) is 12.6 Å². The zero-order chi connectivity index (χ0) is 10.1. The molecule has 0 aliphatic carbocycles. The van der Waals surface area contributed by atoms with Crippen LogP contribution in [0.1, 0.15) is 0 Å². The van der Waals surface area contributed by atoms with Crippen molar-refractivity contribution in [3.8, 4) is 11.4 Å². The number of halogens is 1. The predicted molar refractivity (Wildman–Crippen MR) is 48.6 cm³/mol. The molecule has 72 valence electrons. The summed E-state index contributed by atoms with van der Waals surface area (Å²) < 4.78 is 14.6. The van der Waals surface area contributed by atoms with Crippen molar-refractivity contribution in [2.24, 2.45) is 7.05 Å². The van der Waals surface area contributed by atoms with Gasteiger partial charge in [0.05, 0.1) is 5.69 Å². The van der Waals surface area contributed by atoms with Crippen LogP contribution in [0, 0.1) is 5.82 Å². The van der Waals surface area contributed by atoms with E-state index in [2.05, 4.69) is 15.5 Å². The lowest BCUT2D eigenvalue weighted by molar-refractivity contribution is 0.632. The van der Waals surface area contributed by atoms with Crippen molar-refractivity contribution in [3.63, 3.8) is 0 Å². The van der Waals surface area contributed by atoms with Gasteiger partial charge in [-0.15, -0.1) is 5.10 Å². The van der Waals surface area contributed by atoms with Gasteiger partial charge in [-0.3, -0.25) is 0 Å². The fourth-order valence-corrected chi connectivity index (χ4v) is 1.14. The summed E-state index contributed by atoms with van der Waals surface area (Å²) in [6, 6.07) is 4.46. The van der Waals surface area contributed by atoms with Crippen molar-refractivity contribution in [1.29, 1.82) is 0 Å². The molecule has 0 atom stereocenters. The minimum Gasteiger partial charge on any atom is -0.396 e. The molecule has 0 bridgehead atoms. The molecule has 2 rings (SSSR count). The van der Waals surface area contributed by atoms with Gasteiger partial charge in [-0.1, -0.05) is 0 Å². The summed E-state index contributed by atoms with van der Waals surface area (Å²) in [6.07, 6.45) is 0. The maximum Gasteiger partial charge on any atom is 0.181 e. The number of benzene rings is 1. The number of tetrazole rings is 1. The molecule has 0 aliphatic rings. The maximum absolute atomic E-state index is 13.1. The van der Waals surface area contributed by atoms with Gasteiger partial charge in [-0.25, -0.2) is 9.07 Å². The largest absolute Gasteiger partial charge is 0.396 e. The van der Waals surface area contributed by atoms with E-state index in [0.29, 0.717) is 11.4 Å². The fraction of sp³-hybridized carbons (Fsp3) is 0.125. The molecule has 2 N–H and O–H groups in total. The number of hydrogen-bond donors (Lipinski definition) is 1. The molecule has 0 radical (unpaired) electrons. The topological polar surface area (TPSA) is 69.6 Å². The van der Waals surface area contributed by atoms with E-state index < -0.39 is 5.82 Å². The van der Waals surface area contributed by atoms with E-state index >= 15 is 0 Å². The molecule has 1 aromatic heterocycles. The summed E-state index contributed by atoms with van der Waals surface area (Å²) in [5.74, 6) is 0.0365. The Morgan fingerprint density at radius 2 is 2.21 bits per heavy atom. The van der Waals surface area contributed by atoms with Crippen molar-refractivity contribution in [1.82, 2.24) is 20.2 Å². The molecular formula is C8H8FN5. The van der Waals surface area contributed by atoms with Crippen molar-refractivity contribution >= 4 is 5.69 Å². The molecule has 1 heterocycles. The summed E-state index contributed by atoms with van der Waals surface area (Å²) in [5.41, 5.74) is 6.06. The normalized spacial score (nSPS) is 10.4. The number of nitrogen functional groups attached to an aromatic ring is 1. The average molecular weight is 193 g/mol. The first kappa shape index (κ1) is 8.61. The van der Waals surface area contributed by atoms with Crippen LogP contribution in [0.25, 0.3) is 11.4 Å². The highest BCUT2D eigenvalue weighted by Gasteiger charge is 2.07. The summed E-state index contributed by atoms with van der Waals surface area (Å²) in [5, 5.41) is 10.9. The maximum atomic E-state index is 13.1. The van der Waals surface area contributed by atoms with Gasteiger partial charge >= 0.3 is 0 Å². The smallest absolute Gasteiger partial charge is 0.181 e. The second-order valence-corrected chi connectivity index (χ2v) is 2.86. The summed E-state index contributed by atoms with van der Waals surface area (Å²) in [6.45, 7) is 0. The van der Waals surface area contributed by atoms with Crippen LogP contribution in [0.2, 0.25) is 0 Å². The third kappa shape index (κ3) is 1.30. The van der Waals surface area contributed by atoms with Gasteiger partial charge in [0.25, 0.3) is 0 Å². The van der Waals surface area contributed by atoms with E-state index in [0.717, 1.165) is 0 Å². The van der Waals surface area contributed by atoms with Crippen molar-refractivity contribution in [2.75, 3.05) is 5.73 Å². The van der Waals surface area contributed by atoms with Crippen LogP contribution >= 0.6 is 0 Å². The van der Waals surface area contributed by atoms with Gasteiger partial charge in [0.2, 0.25) is 0 Å². The van der Waals surface area contributed by atoms with E-state index in [1.54, 1.807) is 13.1 Å². The summed E-state index contributed by atoms with van der Waals surface area (Å²) in [7, 11) is 1.68. The number of nitrogens with zero attached hydrogens (tertiary/aromatic N) is 4. The lowest BCUT2D eigenvalue weighted by Gasteiger charge is -2.00. The first-order valence-electron chi connectivity index (χ1n) is 3.96. The van der Waals surface area contributed by atoms with Gasteiger partial charge in [-0.2, -0.15) is 0 Å². The zero-order valence-corrected chi connectivity index (χ0v) is 7.48. The Balaban J connectivity index is 2.53. The van der Waals surface area contributed by atoms with Crippen LogP contribution in [0.15, 0.2) is 18.2 Å². The number of nitrogens with two attached hydrogens (primary N) is 1. The lowest BCUT2D eigenvalue weighted by atomic mass is 10.2. The third-order valence-corrected chi connectivity index (χ3v) is 1.88. The predicted octanol–water partition coefficient (Wildman–Crippen LogP) is 0.598. The molecule has 6 heteroatoms. The molecule has 0 aliphatic heterocycles. The molecule has 0 spiro atoms. The number of rotatable bonds is 1. The van der Waals surface area contributed by atoms with E-state index in [1.165, 1.54) is 16.8 Å². The first-order valence-corrected chi connectivity index (χ1v) is 3.96. The monoisotopic (exact) mass is 193 g/mol. The fourth-order valence-electron chi connectivity index (χ4n) is 1.14. The molecule has 2 aromatic rings.